The molecule has 0 heterocycles. The molecule has 7 nitrogen and oxygen atoms in total. The number of hydrogen-bond acceptors (Lipinski definition) is 4. The molecule has 0 spiro atoms. The Balaban J connectivity index is 3.23. The Bertz CT molecular complexity index is 513. The van der Waals surface area contributed by atoms with E-state index in [1.807, 2.05) is 0 Å². The zero-order valence-corrected chi connectivity index (χ0v) is 10.8. The molecule has 0 aliphatic rings. The van der Waals surface area contributed by atoms with Crippen molar-refractivity contribution in [3.8, 4) is 0 Å². The fourth-order valence-electron chi connectivity index (χ4n) is 1.38. The summed E-state index contributed by atoms with van der Waals surface area (Å²) in [5.74, 6) is -1.88. The van der Waals surface area contributed by atoms with E-state index in [1.54, 1.807) is 20.8 Å². The van der Waals surface area contributed by atoms with Crippen LogP contribution in [-0.2, 0) is 0 Å². The number of benzene rings is 1. The molecule has 1 aromatic carbocycles. The Morgan fingerprint density at radius 2 is 1.74 bits per heavy atom. The standard InChI is InChI=1S/C12H14N2O5/c1-12(2,3)13-10(15)7-4-8(11(16)17)6-9(5-7)14(18)19/h4-6H,1-3H3,(H,13,15)(H,16,17). The van der Waals surface area contributed by atoms with Gasteiger partial charge in [-0.15, -0.1) is 0 Å². The average molecular weight is 266 g/mol. The van der Waals surface area contributed by atoms with Crippen LogP contribution in [0.5, 0.6) is 0 Å². The van der Waals surface area contributed by atoms with Crippen LogP contribution in [-0.4, -0.2) is 27.4 Å². The number of non-ortho nitro benzene ring substituents is 1. The third kappa shape index (κ3) is 4.06. The summed E-state index contributed by atoms with van der Waals surface area (Å²) in [5, 5.41) is 22.2. The van der Waals surface area contributed by atoms with Gasteiger partial charge in [0.05, 0.1) is 10.5 Å². The van der Waals surface area contributed by atoms with Gasteiger partial charge in [-0.1, -0.05) is 0 Å². The number of nitro benzene ring substituents is 1. The van der Waals surface area contributed by atoms with Gasteiger partial charge in [0, 0.05) is 23.2 Å². The summed E-state index contributed by atoms with van der Waals surface area (Å²) in [6.45, 7) is 5.25. The molecule has 0 saturated heterocycles. The fraction of sp³-hybridized carbons (Fsp3) is 0.333. The van der Waals surface area contributed by atoms with Crippen molar-refractivity contribution in [3.63, 3.8) is 0 Å². The van der Waals surface area contributed by atoms with Crippen LogP contribution in [0, 0.1) is 10.1 Å². The number of nitrogens with zero attached hydrogens (tertiary/aromatic N) is 1. The van der Waals surface area contributed by atoms with E-state index in [1.165, 1.54) is 0 Å². The number of nitro groups is 1. The van der Waals surface area contributed by atoms with Crippen LogP contribution < -0.4 is 5.32 Å². The first-order valence-electron chi connectivity index (χ1n) is 5.45. The number of aromatic carboxylic acids is 1. The summed E-state index contributed by atoms with van der Waals surface area (Å²) in [4.78, 5) is 32.7. The molecular weight excluding hydrogens is 252 g/mol. The lowest BCUT2D eigenvalue weighted by atomic mass is 10.1. The molecule has 19 heavy (non-hydrogen) atoms. The largest absolute Gasteiger partial charge is 0.478 e. The molecule has 0 atom stereocenters. The highest BCUT2D eigenvalue weighted by atomic mass is 16.6. The first-order chi connectivity index (χ1) is 8.60. The minimum atomic E-state index is -1.33. The topological polar surface area (TPSA) is 110 Å². The molecule has 1 rings (SSSR count). The van der Waals surface area contributed by atoms with Gasteiger partial charge >= 0.3 is 5.97 Å². The van der Waals surface area contributed by atoms with Gasteiger partial charge in [-0.2, -0.15) is 0 Å². The number of nitrogens with one attached hydrogen (secondary N) is 1. The third-order valence-electron chi connectivity index (χ3n) is 2.13. The Morgan fingerprint density at radius 3 is 2.16 bits per heavy atom. The zero-order chi connectivity index (χ0) is 14.8. The van der Waals surface area contributed by atoms with Crippen molar-refractivity contribution in [1.82, 2.24) is 5.32 Å². The maximum atomic E-state index is 11.9. The van der Waals surface area contributed by atoms with Crippen LogP contribution in [0.2, 0.25) is 0 Å². The van der Waals surface area contributed by atoms with E-state index in [2.05, 4.69) is 5.32 Å². The Hall–Kier alpha value is -2.44. The second kappa shape index (κ2) is 5.05. The molecule has 1 aromatic rings. The molecule has 0 unspecified atom stereocenters. The van der Waals surface area contributed by atoms with Gasteiger partial charge in [-0.05, 0) is 26.8 Å². The Kier molecular flexibility index (Phi) is 3.89. The average Bonchev–Trinajstić information content (AvgIpc) is 2.25. The van der Waals surface area contributed by atoms with Crippen LogP contribution in [0.25, 0.3) is 0 Å². The highest BCUT2D eigenvalue weighted by Gasteiger charge is 2.20. The van der Waals surface area contributed by atoms with E-state index in [4.69, 9.17) is 5.11 Å². The monoisotopic (exact) mass is 266 g/mol. The molecule has 2 N–H and O–H groups in total. The molecule has 0 aliphatic carbocycles. The highest BCUT2D eigenvalue weighted by Crippen LogP contribution is 2.18. The highest BCUT2D eigenvalue weighted by molar-refractivity contribution is 5.98. The number of hydrogen-bond donors (Lipinski definition) is 2. The molecular formula is C12H14N2O5. The predicted molar refractivity (Wildman–Crippen MR) is 67.3 cm³/mol. The Labute approximate surface area is 109 Å². The number of carboxylic acids is 1. The van der Waals surface area contributed by atoms with Crippen molar-refractivity contribution in [2.75, 3.05) is 0 Å². The lowest BCUT2D eigenvalue weighted by Crippen LogP contribution is -2.40. The van der Waals surface area contributed by atoms with Crippen molar-refractivity contribution in [2.45, 2.75) is 26.3 Å². The quantitative estimate of drug-likeness (QED) is 0.640. The summed E-state index contributed by atoms with van der Waals surface area (Å²) in [5.41, 5.74) is -1.31. The molecule has 0 aromatic heterocycles. The van der Waals surface area contributed by atoms with Crippen LogP contribution in [0.3, 0.4) is 0 Å². The number of carbonyl (C=O) groups excluding carboxylic acids is 1. The summed E-state index contributed by atoms with van der Waals surface area (Å²) in [6, 6.07) is 3.07. The molecule has 0 aliphatic heterocycles. The smallest absolute Gasteiger partial charge is 0.335 e. The molecule has 0 fully saturated rings. The van der Waals surface area contributed by atoms with Gasteiger partial charge in [0.15, 0.2) is 0 Å². The van der Waals surface area contributed by atoms with Crippen molar-refractivity contribution in [3.05, 3.63) is 39.4 Å². The normalized spacial score (nSPS) is 10.9. The third-order valence-corrected chi connectivity index (χ3v) is 2.13. The minimum absolute atomic E-state index is 0.0541. The number of carbonyl (C=O) groups is 2. The van der Waals surface area contributed by atoms with Crippen LogP contribution in [0.15, 0.2) is 18.2 Å². The zero-order valence-electron chi connectivity index (χ0n) is 10.8. The number of rotatable bonds is 3. The summed E-state index contributed by atoms with van der Waals surface area (Å²) < 4.78 is 0. The first-order valence-corrected chi connectivity index (χ1v) is 5.45. The van der Waals surface area contributed by atoms with E-state index < -0.39 is 28.0 Å². The van der Waals surface area contributed by atoms with Gasteiger partial charge in [-0.3, -0.25) is 14.9 Å². The molecule has 7 heteroatoms. The summed E-state index contributed by atoms with van der Waals surface area (Å²) >= 11 is 0. The van der Waals surface area contributed by atoms with E-state index >= 15 is 0 Å². The fourth-order valence-corrected chi connectivity index (χ4v) is 1.38. The maximum absolute atomic E-state index is 11.9. The van der Waals surface area contributed by atoms with Crippen LogP contribution in [0.1, 0.15) is 41.5 Å². The van der Waals surface area contributed by atoms with Crippen LogP contribution >= 0.6 is 0 Å². The van der Waals surface area contributed by atoms with Crippen molar-refractivity contribution >= 4 is 17.6 Å². The molecule has 0 saturated carbocycles. The summed E-state index contributed by atoms with van der Waals surface area (Å²) in [6.07, 6.45) is 0. The van der Waals surface area contributed by atoms with E-state index in [9.17, 15) is 19.7 Å². The van der Waals surface area contributed by atoms with Gasteiger partial charge < -0.3 is 10.4 Å². The van der Waals surface area contributed by atoms with Crippen molar-refractivity contribution in [1.29, 1.82) is 0 Å². The summed E-state index contributed by atoms with van der Waals surface area (Å²) in [7, 11) is 0. The van der Waals surface area contributed by atoms with Gasteiger partial charge in [0.1, 0.15) is 0 Å². The number of amides is 1. The molecule has 102 valence electrons. The van der Waals surface area contributed by atoms with Crippen LogP contribution in [0.4, 0.5) is 5.69 Å². The lowest BCUT2D eigenvalue weighted by molar-refractivity contribution is -0.384. The van der Waals surface area contributed by atoms with Gasteiger partial charge in [0.2, 0.25) is 0 Å². The number of carboxylic acid groups (broad SMARTS) is 1. The maximum Gasteiger partial charge on any atom is 0.335 e. The molecule has 0 bridgehead atoms. The predicted octanol–water partition coefficient (Wildman–Crippen LogP) is 1.82. The first kappa shape index (κ1) is 14.6. The SMILES string of the molecule is CC(C)(C)NC(=O)c1cc(C(=O)O)cc([N+](=O)[O-])c1. The van der Waals surface area contributed by atoms with E-state index in [-0.39, 0.29) is 11.1 Å². The van der Waals surface area contributed by atoms with E-state index in [0.717, 1.165) is 18.2 Å². The van der Waals surface area contributed by atoms with Crippen molar-refractivity contribution in [2.24, 2.45) is 0 Å². The second-order valence-electron chi connectivity index (χ2n) is 5.03. The van der Waals surface area contributed by atoms with Crippen molar-refractivity contribution < 1.29 is 19.6 Å². The molecule has 0 radical (unpaired) electrons. The van der Waals surface area contributed by atoms with E-state index in [0.29, 0.717) is 0 Å². The lowest BCUT2D eigenvalue weighted by Gasteiger charge is -2.20. The van der Waals surface area contributed by atoms with Gasteiger partial charge in [-0.25, -0.2) is 4.79 Å². The minimum Gasteiger partial charge on any atom is -0.478 e. The van der Waals surface area contributed by atoms with Gasteiger partial charge in [0.25, 0.3) is 11.6 Å². The second-order valence-corrected chi connectivity index (χ2v) is 5.03. The Morgan fingerprint density at radius 1 is 1.21 bits per heavy atom. The molecule has 1 amide bonds.